The van der Waals surface area contributed by atoms with Crippen molar-refractivity contribution in [3.8, 4) is 0 Å². The van der Waals surface area contributed by atoms with E-state index in [9.17, 15) is 14.7 Å². The van der Waals surface area contributed by atoms with Gasteiger partial charge in [0.15, 0.2) is 0 Å². The monoisotopic (exact) mass is 468 g/mol. The molecule has 8 nitrogen and oxygen atoms in total. The maximum atomic E-state index is 12.7. The van der Waals surface area contributed by atoms with Crippen LogP contribution < -0.4 is 5.32 Å². The first-order valence-corrected chi connectivity index (χ1v) is 10.7. The fourth-order valence-corrected chi connectivity index (χ4v) is 3.36. The first-order valence-electron chi connectivity index (χ1n) is 10.4. The number of nitrogens with zero attached hydrogens (tertiary/aromatic N) is 3. The SMILES string of the molecule is CN(Cc1cncc(C(=O)O)c1)C(=O)c1ccc(CCNCC(O)c2ccc(Cl)nc2)cc1. The number of hydrogen-bond acceptors (Lipinski definition) is 6. The number of aromatic nitrogens is 2. The number of benzene rings is 1. The van der Waals surface area contributed by atoms with Gasteiger partial charge in [-0.05, 0) is 48.4 Å². The summed E-state index contributed by atoms with van der Waals surface area (Å²) in [6, 6.07) is 12.2. The molecule has 9 heteroatoms. The van der Waals surface area contributed by atoms with E-state index < -0.39 is 12.1 Å². The molecule has 2 aromatic heterocycles. The van der Waals surface area contributed by atoms with Crippen LogP contribution in [0.1, 0.15) is 43.5 Å². The second kappa shape index (κ2) is 11.5. The highest BCUT2D eigenvalue weighted by molar-refractivity contribution is 6.29. The summed E-state index contributed by atoms with van der Waals surface area (Å²) < 4.78 is 0. The summed E-state index contributed by atoms with van der Waals surface area (Å²) in [6.45, 7) is 1.31. The van der Waals surface area contributed by atoms with Crippen molar-refractivity contribution >= 4 is 23.5 Å². The number of aromatic carboxylic acids is 1. The lowest BCUT2D eigenvalue weighted by Gasteiger charge is -2.17. The van der Waals surface area contributed by atoms with Gasteiger partial charge in [0.25, 0.3) is 5.91 Å². The van der Waals surface area contributed by atoms with Crippen molar-refractivity contribution in [3.63, 3.8) is 0 Å². The molecule has 0 aliphatic carbocycles. The van der Waals surface area contributed by atoms with Crippen molar-refractivity contribution < 1.29 is 19.8 Å². The molecule has 0 bridgehead atoms. The first kappa shape index (κ1) is 24.3. The van der Waals surface area contributed by atoms with Gasteiger partial charge in [0.2, 0.25) is 0 Å². The summed E-state index contributed by atoms with van der Waals surface area (Å²) in [5.74, 6) is -1.22. The van der Waals surface area contributed by atoms with Crippen LogP contribution >= 0.6 is 11.6 Å². The van der Waals surface area contributed by atoms with Crippen LogP contribution in [0.3, 0.4) is 0 Å². The summed E-state index contributed by atoms with van der Waals surface area (Å²) in [6.07, 6.45) is 4.45. The minimum absolute atomic E-state index is 0.0867. The molecule has 33 heavy (non-hydrogen) atoms. The molecule has 0 saturated heterocycles. The molecule has 1 atom stereocenters. The smallest absolute Gasteiger partial charge is 0.337 e. The number of aliphatic hydroxyl groups excluding tert-OH is 1. The van der Waals surface area contributed by atoms with E-state index in [1.807, 2.05) is 12.1 Å². The van der Waals surface area contributed by atoms with E-state index in [0.29, 0.717) is 34.9 Å². The van der Waals surface area contributed by atoms with Crippen LogP contribution in [0.4, 0.5) is 0 Å². The molecule has 0 aliphatic heterocycles. The number of carboxylic acid groups (broad SMARTS) is 1. The third-order valence-corrected chi connectivity index (χ3v) is 5.30. The van der Waals surface area contributed by atoms with Gasteiger partial charge >= 0.3 is 5.97 Å². The maximum Gasteiger partial charge on any atom is 0.337 e. The number of rotatable bonds is 10. The van der Waals surface area contributed by atoms with Crippen LogP contribution in [-0.4, -0.2) is 57.1 Å². The van der Waals surface area contributed by atoms with E-state index in [4.69, 9.17) is 16.7 Å². The number of halogens is 1. The fourth-order valence-electron chi connectivity index (χ4n) is 3.24. The Morgan fingerprint density at radius 3 is 2.48 bits per heavy atom. The Morgan fingerprint density at radius 2 is 1.82 bits per heavy atom. The second-order valence-corrected chi connectivity index (χ2v) is 8.02. The molecule has 3 N–H and O–H groups in total. The Kier molecular flexibility index (Phi) is 8.48. The highest BCUT2D eigenvalue weighted by Crippen LogP contribution is 2.14. The van der Waals surface area contributed by atoms with E-state index >= 15 is 0 Å². The van der Waals surface area contributed by atoms with Crippen molar-refractivity contribution in [2.75, 3.05) is 20.1 Å². The summed E-state index contributed by atoms with van der Waals surface area (Å²) >= 11 is 5.76. The molecule has 0 aliphatic rings. The molecule has 0 radical (unpaired) electrons. The largest absolute Gasteiger partial charge is 0.478 e. The molecule has 1 unspecified atom stereocenters. The molecular weight excluding hydrogens is 444 g/mol. The lowest BCUT2D eigenvalue weighted by Crippen LogP contribution is -2.26. The molecule has 1 amide bonds. The zero-order valence-corrected chi connectivity index (χ0v) is 18.9. The Labute approximate surface area is 196 Å². The average molecular weight is 469 g/mol. The normalized spacial score (nSPS) is 11.7. The van der Waals surface area contributed by atoms with E-state index in [1.165, 1.54) is 17.2 Å². The van der Waals surface area contributed by atoms with Gasteiger partial charge in [0.05, 0.1) is 11.7 Å². The number of aliphatic hydroxyl groups is 1. The fraction of sp³-hybridized carbons (Fsp3) is 0.250. The van der Waals surface area contributed by atoms with Gasteiger partial charge < -0.3 is 20.4 Å². The number of hydrogen-bond donors (Lipinski definition) is 3. The Morgan fingerprint density at radius 1 is 1.06 bits per heavy atom. The third-order valence-electron chi connectivity index (χ3n) is 5.07. The van der Waals surface area contributed by atoms with Crippen molar-refractivity contribution in [2.45, 2.75) is 19.1 Å². The van der Waals surface area contributed by atoms with Gasteiger partial charge in [-0.1, -0.05) is 29.8 Å². The topological polar surface area (TPSA) is 116 Å². The predicted molar refractivity (Wildman–Crippen MR) is 124 cm³/mol. The molecule has 3 rings (SSSR count). The molecular formula is C24H25ClN4O4. The van der Waals surface area contributed by atoms with Gasteiger partial charge in [0.1, 0.15) is 5.15 Å². The number of amides is 1. The van der Waals surface area contributed by atoms with Gasteiger partial charge in [-0.3, -0.25) is 9.78 Å². The lowest BCUT2D eigenvalue weighted by molar-refractivity contribution is 0.0696. The van der Waals surface area contributed by atoms with Crippen molar-refractivity contribution in [1.29, 1.82) is 0 Å². The van der Waals surface area contributed by atoms with Crippen LogP contribution in [0, 0.1) is 0 Å². The Hall–Kier alpha value is -3.33. The van der Waals surface area contributed by atoms with Gasteiger partial charge in [-0.25, -0.2) is 9.78 Å². The first-order chi connectivity index (χ1) is 15.8. The molecule has 3 aromatic rings. The van der Waals surface area contributed by atoms with Crippen LogP contribution in [0.25, 0.3) is 0 Å². The standard InChI is InChI=1S/C24H25ClN4O4/c1-29(15-17-10-20(24(32)33)12-27-11-17)23(31)18-4-2-16(3-5-18)8-9-26-14-21(30)19-6-7-22(25)28-13-19/h2-7,10-13,21,26,30H,8-9,14-15H2,1H3,(H,32,33). The van der Waals surface area contributed by atoms with E-state index in [1.54, 1.807) is 43.7 Å². The van der Waals surface area contributed by atoms with Crippen LogP contribution in [0.2, 0.25) is 5.15 Å². The summed E-state index contributed by atoms with van der Waals surface area (Å²) in [5.41, 5.74) is 3.03. The Bertz CT molecular complexity index is 1090. The molecule has 0 spiro atoms. The van der Waals surface area contributed by atoms with Crippen LogP contribution in [0.5, 0.6) is 0 Å². The zero-order valence-electron chi connectivity index (χ0n) is 18.1. The van der Waals surface area contributed by atoms with E-state index in [-0.39, 0.29) is 18.0 Å². The molecule has 172 valence electrons. The van der Waals surface area contributed by atoms with Crippen LogP contribution in [-0.2, 0) is 13.0 Å². The Balaban J connectivity index is 1.47. The number of nitrogens with one attached hydrogen (secondary N) is 1. The number of pyridine rings is 2. The van der Waals surface area contributed by atoms with Crippen molar-refractivity contribution in [3.05, 3.63) is 94.0 Å². The zero-order chi connectivity index (χ0) is 23.8. The predicted octanol–water partition coefficient (Wildman–Crippen LogP) is 2.97. The van der Waals surface area contributed by atoms with Crippen LogP contribution in [0.15, 0.2) is 61.1 Å². The number of carboxylic acids is 1. The highest BCUT2D eigenvalue weighted by Gasteiger charge is 2.14. The summed E-state index contributed by atoms with van der Waals surface area (Å²) in [4.78, 5) is 33.2. The van der Waals surface area contributed by atoms with Crippen molar-refractivity contribution in [2.24, 2.45) is 0 Å². The molecule has 0 saturated carbocycles. The average Bonchev–Trinajstić information content (AvgIpc) is 2.82. The summed E-state index contributed by atoms with van der Waals surface area (Å²) in [7, 11) is 1.66. The third kappa shape index (κ3) is 7.08. The van der Waals surface area contributed by atoms with Gasteiger partial charge in [-0.15, -0.1) is 0 Å². The van der Waals surface area contributed by atoms with E-state index in [2.05, 4.69) is 15.3 Å². The second-order valence-electron chi connectivity index (χ2n) is 7.63. The molecule has 0 fully saturated rings. The minimum Gasteiger partial charge on any atom is -0.478 e. The lowest BCUT2D eigenvalue weighted by atomic mass is 10.1. The summed E-state index contributed by atoms with van der Waals surface area (Å²) in [5, 5.41) is 22.9. The quantitative estimate of drug-likeness (QED) is 0.309. The number of carbonyl (C=O) groups is 2. The highest BCUT2D eigenvalue weighted by atomic mass is 35.5. The van der Waals surface area contributed by atoms with Crippen molar-refractivity contribution in [1.82, 2.24) is 20.2 Å². The van der Waals surface area contributed by atoms with Gasteiger partial charge in [0, 0.05) is 49.9 Å². The van der Waals surface area contributed by atoms with Gasteiger partial charge in [-0.2, -0.15) is 0 Å². The molecule has 2 heterocycles. The maximum absolute atomic E-state index is 12.7. The minimum atomic E-state index is -1.06. The molecule has 1 aromatic carbocycles. The van der Waals surface area contributed by atoms with E-state index in [0.717, 1.165) is 12.0 Å². The number of carbonyl (C=O) groups excluding carboxylic acids is 1.